The summed E-state index contributed by atoms with van der Waals surface area (Å²) in [4.78, 5) is 10.8. The Bertz CT molecular complexity index is 612. The molecule has 0 amide bonds. The van der Waals surface area contributed by atoms with E-state index in [0.717, 1.165) is 18.1 Å². The van der Waals surface area contributed by atoms with Gasteiger partial charge in [-0.2, -0.15) is 4.98 Å². The molecule has 0 aliphatic heterocycles. The van der Waals surface area contributed by atoms with Crippen LogP contribution in [0.4, 0.5) is 11.8 Å². The lowest BCUT2D eigenvalue weighted by Crippen LogP contribution is -2.27. The standard InChI is InChI=1S/C17H20N4/c1-13-12-16(20-17(18)19-13)21(15-9-10-15)11-5-8-14-6-3-2-4-7-14/h2-8,12,15H,9-11H2,1H3,(H2,18,19,20)/b8-5+. The Morgan fingerprint density at radius 1 is 1.24 bits per heavy atom. The Hall–Kier alpha value is -2.36. The van der Waals surface area contributed by atoms with Gasteiger partial charge in [0, 0.05) is 24.3 Å². The third-order valence-electron chi connectivity index (χ3n) is 3.55. The molecule has 1 heterocycles. The van der Waals surface area contributed by atoms with Gasteiger partial charge in [-0.3, -0.25) is 0 Å². The number of aromatic nitrogens is 2. The Labute approximate surface area is 125 Å². The molecule has 0 radical (unpaired) electrons. The molecule has 4 heteroatoms. The molecular formula is C17H20N4. The van der Waals surface area contributed by atoms with Gasteiger partial charge in [-0.1, -0.05) is 42.5 Å². The molecule has 1 saturated carbocycles. The normalized spacial score (nSPS) is 14.5. The van der Waals surface area contributed by atoms with Gasteiger partial charge in [0.15, 0.2) is 0 Å². The second-order valence-electron chi connectivity index (χ2n) is 5.42. The van der Waals surface area contributed by atoms with Crippen molar-refractivity contribution < 1.29 is 0 Å². The van der Waals surface area contributed by atoms with Gasteiger partial charge in [0.25, 0.3) is 0 Å². The number of hydrogen-bond acceptors (Lipinski definition) is 4. The number of hydrogen-bond donors (Lipinski definition) is 1. The van der Waals surface area contributed by atoms with E-state index in [0.29, 0.717) is 12.0 Å². The maximum absolute atomic E-state index is 5.77. The summed E-state index contributed by atoms with van der Waals surface area (Å²) in [6, 6.07) is 12.9. The highest BCUT2D eigenvalue weighted by Gasteiger charge is 2.29. The van der Waals surface area contributed by atoms with E-state index in [2.05, 4.69) is 39.2 Å². The second-order valence-corrected chi connectivity index (χ2v) is 5.42. The van der Waals surface area contributed by atoms with E-state index in [1.54, 1.807) is 0 Å². The Morgan fingerprint density at radius 2 is 2.00 bits per heavy atom. The first-order valence-corrected chi connectivity index (χ1v) is 7.32. The largest absolute Gasteiger partial charge is 0.368 e. The molecule has 2 aromatic rings. The van der Waals surface area contributed by atoms with Crippen LogP contribution in [0.3, 0.4) is 0 Å². The summed E-state index contributed by atoms with van der Waals surface area (Å²) >= 11 is 0. The van der Waals surface area contributed by atoms with Gasteiger partial charge in [0.05, 0.1) is 0 Å². The van der Waals surface area contributed by atoms with Crippen molar-refractivity contribution in [3.8, 4) is 0 Å². The third-order valence-corrected chi connectivity index (χ3v) is 3.55. The molecule has 0 spiro atoms. The molecule has 0 atom stereocenters. The minimum absolute atomic E-state index is 0.350. The van der Waals surface area contributed by atoms with E-state index in [9.17, 15) is 0 Å². The summed E-state index contributed by atoms with van der Waals surface area (Å²) in [5, 5.41) is 0. The molecule has 4 nitrogen and oxygen atoms in total. The van der Waals surface area contributed by atoms with Gasteiger partial charge in [-0.15, -0.1) is 0 Å². The summed E-state index contributed by atoms with van der Waals surface area (Å²) in [6.45, 7) is 2.79. The predicted molar refractivity (Wildman–Crippen MR) is 87.0 cm³/mol. The van der Waals surface area contributed by atoms with Crippen LogP contribution in [-0.2, 0) is 0 Å². The van der Waals surface area contributed by atoms with E-state index < -0.39 is 0 Å². The molecule has 1 aliphatic carbocycles. The molecule has 2 N–H and O–H groups in total. The first kappa shape index (κ1) is 13.6. The zero-order valence-electron chi connectivity index (χ0n) is 12.2. The molecular weight excluding hydrogens is 260 g/mol. The maximum Gasteiger partial charge on any atom is 0.222 e. The molecule has 21 heavy (non-hydrogen) atoms. The van der Waals surface area contributed by atoms with Crippen LogP contribution < -0.4 is 10.6 Å². The highest BCUT2D eigenvalue weighted by atomic mass is 15.2. The molecule has 108 valence electrons. The van der Waals surface area contributed by atoms with Gasteiger partial charge in [0.1, 0.15) is 5.82 Å². The summed E-state index contributed by atoms with van der Waals surface area (Å²) in [6.07, 6.45) is 6.78. The molecule has 1 aliphatic rings. The van der Waals surface area contributed by atoms with Crippen LogP contribution in [0, 0.1) is 6.92 Å². The number of benzene rings is 1. The monoisotopic (exact) mass is 280 g/mol. The molecule has 0 bridgehead atoms. The zero-order valence-corrected chi connectivity index (χ0v) is 12.2. The molecule has 0 saturated heterocycles. The number of nitrogen functional groups attached to an aromatic ring is 1. The zero-order chi connectivity index (χ0) is 14.7. The van der Waals surface area contributed by atoms with E-state index in [-0.39, 0.29) is 0 Å². The van der Waals surface area contributed by atoms with Crippen molar-refractivity contribution in [1.29, 1.82) is 0 Å². The van der Waals surface area contributed by atoms with Crippen LogP contribution in [0.25, 0.3) is 6.08 Å². The fourth-order valence-electron chi connectivity index (χ4n) is 2.40. The highest BCUT2D eigenvalue weighted by Crippen LogP contribution is 2.31. The van der Waals surface area contributed by atoms with Crippen LogP contribution in [0.5, 0.6) is 0 Å². The average Bonchev–Trinajstić information content (AvgIpc) is 3.28. The number of aryl methyl sites for hydroxylation is 1. The van der Waals surface area contributed by atoms with Crippen molar-refractivity contribution in [3.63, 3.8) is 0 Å². The van der Waals surface area contributed by atoms with Gasteiger partial charge >= 0.3 is 0 Å². The van der Waals surface area contributed by atoms with Crippen LogP contribution in [0.2, 0.25) is 0 Å². The number of anilines is 2. The first-order valence-electron chi connectivity index (χ1n) is 7.32. The molecule has 1 aromatic carbocycles. The summed E-state index contributed by atoms with van der Waals surface area (Å²) in [5.41, 5.74) is 7.90. The van der Waals surface area contributed by atoms with Gasteiger partial charge in [-0.25, -0.2) is 4.98 Å². The van der Waals surface area contributed by atoms with Crippen molar-refractivity contribution in [2.24, 2.45) is 0 Å². The molecule has 0 unspecified atom stereocenters. The lowest BCUT2D eigenvalue weighted by molar-refractivity contribution is 0.836. The van der Waals surface area contributed by atoms with Crippen LogP contribution in [0.15, 0.2) is 42.5 Å². The van der Waals surface area contributed by atoms with E-state index in [1.807, 2.05) is 31.2 Å². The average molecular weight is 280 g/mol. The highest BCUT2D eigenvalue weighted by molar-refractivity contribution is 5.52. The van der Waals surface area contributed by atoms with Crippen molar-refractivity contribution in [1.82, 2.24) is 9.97 Å². The maximum atomic E-state index is 5.77. The first-order chi connectivity index (χ1) is 10.2. The Kier molecular flexibility index (Phi) is 3.86. The minimum Gasteiger partial charge on any atom is -0.368 e. The third kappa shape index (κ3) is 3.60. The fraction of sp³-hybridized carbons (Fsp3) is 0.294. The second kappa shape index (κ2) is 5.95. The van der Waals surface area contributed by atoms with E-state index in [4.69, 9.17) is 5.73 Å². The Balaban J connectivity index is 1.75. The topological polar surface area (TPSA) is 55.0 Å². The summed E-state index contributed by atoms with van der Waals surface area (Å²) < 4.78 is 0. The lowest BCUT2D eigenvalue weighted by atomic mass is 10.2. The van der Waals surface area contributed by atoms with Crippen LogP contribution >= 0.6 is 0 Å². The van der Waals surface area contributed by atoms with Crippen molar-refractivity contribution in [2.45, 2.75) is 25.8 Å². The predicted octanol–water partition coefficient (Wildman–Crippen LogP) is 3.05. The lowest BCUT2D eigenvalue weighted by Gasteiger charge is -2.22. The molecule has 1 aromatic heterocycles. The SMILES string of the molecule is Cc1cc(N(C/C=C/c2ccccc2)C2CC2)nc(N)n1. The molecule has 1 fully saturated rings. The van der Waals surface area contributed by atoms with Crippen LogP contribution in [-0.4, -0.2) is 22.6 Å². The molecule has 3 rings (SSSR count). The van der Waals surface area contributed by atoms with Crippen LogP contribution in [0.1, 0.15) is 24.1 Å². The van der Waals surface area contributed by atoms with Gasteiger partial charge in [-0.05, 0) is 25.3 Å². The van der Waals surface area contributed by atoms with E-state index >= 15 is 0 Å². The Morgan fingerprint density at radius 3 is 2.67 bits per heavy atom. The van der Waals surface area contributed by atoms with Crippen molar-refractivity contribution in [3.05, 3.63) is 53.7 Å². The quantitative estimate of drug-likeness (QED) is 0.914. The summed E-state index contributed by atoms with van der Waals surface area (Å²) in [5.74, 6) is 1.28. The number of nitrogens with zero attached hydrogens (tertiary/aromatic N) is 3. The number of nitrogens with two attached hydrogens (primary N) is 1. The number of rotatable bonds is 5. The van der Waals surface area contributed by atoms with Crippen molar-refractivity contribution >= 4 is 17.8 Å². The fourth-order valence-corrected chi connectivity index (χ4v) is 2.40. The van der Waals surface area contributed by atoms with Gasteiger partial charge < -0.3 is 10.6 Å². The van der Waals surface area contributed by atoms with E-state index in [1.165, 1.54) is 18.4 Å². The smallest absolute Gasteiger partial charge is 0.222 e. The van der Waals surface area contributed by atoms with Gasteiger partial charge in [0.2, 0.25) is 5.95 Å². The summed E-state index contributed by atoms with van der Waals surface area (Å²) in [7, 11) is 0. The van der Waals surface area contributed by atoms with Crippen molar-refractivity contribution in [2.75, 3.05) is 17.2 Å². The minimum atomic E-state index is 0.350.